The van der Waals surface area contributed by atoms with Crippen LogP contribution in [0.3, 0.4) is 0 Å². The van der Waals surface area contributed by atoms with Crippen molar-refractivity contribution in [1.29, 1.82) is 0 Å². The topological polar surface area (TPSA) is 70.6 Å². The van der Waals surface area contributed by atoms with Gasteiger partial charge >= 0.3 is 0 Å². The summed E-state index contributed by atoms with van der Waals surface area (Å²) in [5, 5.41) is 6.42. The molecule has 0 aliphatic carbocycles. The van der Waals surface area contributed by atoms with Gasteiger partial charge in [0.15, 0.2) is 0 Å². The zero-order valence-corrected chi connectivity index (χ0v) is 13.0. The van der Waals surface area contributed by atoms with E-state index in [2.05, 4.69) is 15.8 Å². The summed E-state index contributed by atoms with van der Waals surface area (Å²) in [6.07, 6.45) is 1.81. The van der Waals surface area contributed by atoms with E-state index in [0.717, 1.165) is 16.7 Å². The van der Waals surface area contributed by atoms with Gasteiger partial charge in [0, 0.05) is 0 Å². The largest absolute Gasteiger partial charge is 0.347 e. The number of hydrogen-bond donors (Lipinski definition) is 2. The minimum absolute atomic E-state index is 0.100. The van der Waals surface area contributed by atoms with Crippen molar-refractivity contribution in [3.63, 3.8) is 0 Å². The molecule has 2 aromatic rings. The number of aryl methyl sites for hydroxylation is 1. The second-order valence-corrected chi connectivity index (χ2v) is 5.14. The SMILES string of the molecule is Cc1ccc(/C=N/NC(=O)CNC(=O)Cc2ccccc2)cc1. The van der Waals surface area contributed by atoms with Gasteiger partial charge in [-0.15, -0.1) is 0 Å². The number of hydrogen-bond acceptors (Lipinski definition) is 3. The number of nitrogens with one attached hydrogen (secondary N) is 2. The van der Waals surface area contributed by atoms with Crippen LogP contribution in [0.15, 0.2) is 59.7 Å². The van der Waals surface area contributed by atoms with E-state index in [1.807, 2.05) is 61.5 Å². The van der Waals surface area contributed by atoms with Crippen molar-refractivity contribution in [3.05, 3.63) is 71.3 Å². The zero-order valence-electron chi connectivity index (χ0n) is 13.0. The first-order valence-electron chi connectivity index (χ1n) is 7.32. The third-order valence-electron chi connectivity index (χ3n) is 3.13. The number of carbonyl (C=O) groups excluding carboxylic acids is 2. The maximum Gasteiger partial charge on any atom is 0.259 e. The third-order valence-corrected chi connectivity index (χ3v) is 3.13. The van der Waals surface area contributed by atoms with Gasteiger partial charge in [-0.25, -0.2) is 5.43 Å². The van der Waals surface area contributed by atoms with E-state index in [1.54, 1.807) is 6.21 Å². The van der Waals surface area contributed by atoms with Crippen molar-refractivity contribution in [2.45, 2.75) is 13.3 Å². The Morgan fingerprint density at radius 1 is 1.00 bits per heavy atom. The van der Waals surface area contributed by atoms with Crippen molar-refractivity contribution in [3.8, 4) is 0 Å². The minimum Gasteiger partial charge on any atom is -0.347 e. The molecule has 118 valence electrons. The van der Waals surface area contributed by atoms with E-state index >= 15 is 0 Å². The van der Waals surface area contributed by atoms with E-state index in [4.69, 9.17) is 0 Å². The Morgan fingerprint density at radius 3 is 2.39 bits per heavy atom. The molecular formula is C18H19N3O2. The standard InChI is InChI=1S/C18H19N3O2/c1-14-7-9-16(10-8-14)12-20-21-18(23)13-19-17(22)11-15-5-3-2-4-6-15/h2-10,12H,11,13H2,1H3,(H,19,22)(H,21,23)/b20-12+. The molecule has 0 fully saturated rings. The van der Waals surface area contributed by atoms with Crippen LogP contribution in [0.25, 0.3) is 0 Å². The summed E-state index contributed by atoms with van der Waals surface area (Å²) >= 11 is 0. The molecule has 0 radical (unpaired) electrons. The smallest absolute Gasteiger partial charge is 0.259 e. The van der Waals surface area contributed by atoms with Crippen LogP contribution >= 0.6 is 0 Å². The van der Waals surface area contributed by atoms with Crippen molar-refractivity contribution in [2.24, 2.45) is 5.10 Å². The number of benzene rings is 2. The van der Waals surface area contributed by atoms with Crippen LogP contribution in [-0.4, -0.2) is 24.6 Å². The Morgan fingerprint density at radius 2 is 1.70 bits per heavy atom. The van der Waals surface area contributed by atoms with E-state index in [1.165, 1.54) is 0 Å². The number of rotatable bonds is 6. The Bertz CT molecular complexity index is 679. The van der Waals surface area contributed by atoms with Gasteiger partial charge in [-0.2, -0.15) is 5.10 Å². The molecule has 2 rings (SSSR count). The van der Waals surface area contributed by atoms with Crippen LogP contribution in [0.5, 0.6) is 0 Å². The molecule has 0 spiro atoms. The summed E-state index contributed by atoms with van der Waals surface area (Å²) in [5.74, 6) is -0.566. The molecule has 0 aliphatic rings. The van der Waals surface area contributed by atoms with E-state index < -0.39 is 0 Å². The quantitative estimate of drug-likeness (QED) is 0.631. The summed E-state index contributed by atoms with van der Waals surface area (Å²) < 4.78 is 0. The number of nitrogens with zero attached hydrogens (tertiary/aromatic N) is 1. The maximum atomic E-state index is 11.7. The highest BCUT2D eigenvalue weighted by Crippen LogP contribution is 2.00. The number of amides is 2. The highest BCUT2D eigenvalue weighted by atomic mass is 16.2. The van der Waals surface area contributed by atoms with Crippen LogP contribution in [0.4, 0.5) is 0 Å². The van der Waals surface area contributed by atoms with Gasteiger partial charge < -0.3 is 5.32 Å². The zero-order chi connectivity index (χ0) is 16.5. The molecule has 5 heteroatoms. The lowest BCUT2D eigenvalue weighted by molar-refractivity contribution is -0.125. The highest BCUT2D eigenvalue weighted by Gasteiger charge is 2.05. The summed E-state index contributed by atoms with van der Waals surface area (Å²) in [4.78, 5) is 23.3. The first-order valence-corrected chi connectivity index (χ1v) is 7.32. The molecule has 0 aliphatic heterocycles. The molecule has 0 aromatic heterocycles. The van der Waals surface area contributed by atoms with Crippen LogP contribution in [-0.2, 0) is 16.0 Å². The molecule has 0 saturated heterocycles. The molecule has 0 saturated carbocycles. The lowest BCUT2D eigenvalue weighted by Crippen LogP contribution is -2.35. The predicted molar refractivity (Wildman–Crippen MR) is 90.1 cm³/mol. The Labute approximate surface area is 135 Å². The van der Waals surface area contributed by atoms with Gasteiger partial charge in [-0.1, -0.05) is 60.2 Å². The van der Waals surface area contributed by atoms with Gasteiger partial charge in [0.1, 0.15) is 0 Å². The molecule has 0 heterocycles. The monoisotopic (exact) mass is 309 g/mol. The summed E-state index contributed by atoms with van der Waals surface area (Å²) in [5.41, 5.74) is 5.34. The van der Waals surface area contributed by atoms with E-state index in [9.17, 15) is 9.59 Å². The van der Waals surface area contributed by atoms with Gasteiger partial charge in [0.2, 0.25) is 5.91 Å². The van der Waals surface area contributed by atoms with E-state index in [0.29, 0.717) is 0 Å². The van der Waals surface area contributed by atoms with Crippen LogP contribution in [0.1, 0.15) is 16.7 Å². The maximum absolute atomic E-state index is 11.7. The van der Waals surface area contributed by atoms with Crippen LogP contribution < -0.4 is 10.7 Å². The molecule has 5 nitrogen and oxygen atoms in total. The van der Waals surface area contributed by atoms with Crippen molar-refractivity contribution < 1.29 is 9.59 Å². The summed E-state index contributed by atoms with van der Waals surface area (Å²) in [7, 11) is 0. The van der Waals surface area contributed by atoms with Crippen molar-refractivity contribution in [1.82, 2.24) is 10.7 Å². The minimum atomic E-state index is -0.366. The third kappa shape index (κ3) is 6.13. The molecule has 2 aromatic carbocycles. The Balaban J connectivity index is 1.70. The second-order valence-electron chi connectivity index (χ2n) is 5.14. The van der Waals surface area contributed by atoms with Crippen molar-refractivity contribution >= 4 is 18.0 Å². The van der Waals surface area contributed by atoms with Gasteiger partial charge in [0.25, 0.3) is 5.91 Å². The predicted octanol–water partition coefficient (Wildman–Crippen LogP) is 1.80. The fraction of sp³-hybridized carbons (Fsp3) is 0.167. The Hall–Kier alpha value is -2.95. The summed E-state index contributed by atoms with van der Waals surface area (Å²) in [6.45, 7) is 1.90. The first kappa shape index (κ1) is 16.4. The first-order chi connectivity index (χ1) is 11.1. The Kier molecular flexibility index (Phi) is 6.06. The normalized spacial score (nSPS) is 10.5. The molecule has 0 bridgehead atoms. The molecular weight excluding hydrogens is 290 g/mol. The lowest BCUT2D eigenvalue weighted by atomic mass is 10.1. The van der Waals surface area contributed by atoms with Gasteiger partial charge in [-0.05, 0) is 18.1 Å². The molecule has 23 heavy (non-hydrogen) atoms. The fourth-order valence-corrected chi connectivity index (χ4v) is 1.89. The highest BCUT2D eigenvalue weighted by molar-refractivity contribution is 5.86. The second kappa shape index (κ2) is 8.48. The lowest BCUT2D eigenvalue weighted by Gasteiger charge is -2.04. The molecule has 0 atom stereocenters. The molecule has 2 N–H and O–H groups in total. The van der Waals surface area contributed by atoms with Gasteiger partial charge in [-0.3, -0.25) is 9.59 Å². The number of carbonyl (C=O) groups is 2. The average Bonchev–Trinajstić information content (AvgIpc) is 2.56. The van der Waals surface area contributed by atoms with E-state index in [-0.39, 0.29) is 24.8 Å². The van der Waals surface area contributed by atoms with Crippen molar-refractivity contribution in [2.75, 3.05) is 6.54 Å². The van der Waals surface area contributed by atoms with Gasteiger partial charge in [0.05, 0.1) is 19.2 Å². The number of hydrazone groups is 1. The molecule has 0 unspecified atom stereocenters. The van der Waals surface area contributed by atoms with Crippen LogP contribution in [0, 0.1) is 6.92 Å². The fourth-order valence-electron chi connectivity index (χ4n) is 1.89. The van der Waals surface area contributed by atoms with Crippen LogP contribution in [0.2, 0.25) is 0 Å². The molecule has 2 amide bonds. The average molecular weight is 309 g/mol. The summed E-state index contributed by atoms with van der Waals surface area (Å²) in [6, 6.07) is 17.1.